The van der Waals surface area contributed by atoms with E-state index in [9.17, 15) is 58.2 Å². The van der Waals surface area contributed by atoms with Gasteiger partial charge in [-0.3, -0.25) is 38.5 Å². The number of primary amides is 1. The number of benzene rings is 4. The van der Waals surface area contributed by atoms with Crippen LogP contribution in [0.4, 0.5) is 31.4 Å². The highest BCUT2D eigenvalue weighted by molar-refractivity contribution is 8.77. The van der Waals surface area contributed by atoms with Crippen LogP contribution in [0.5, 0.6) is 23.0 Å². The first-order valence-electron chi connectivity index (χ1n) is 35.2. The number of aliphatic hydroxyl groups excluding tert-OH is 2. The summed E-state index contributed by atoms with van der Waals surface area (Å²) >= 11 is 0. The standard InChI is InChI=1S/C75H96N10O18S2/c1-44(2)64(80-61(86)19-13-11-14-31-81-62(87)28-29-63(81)88)66(90)79-52(18-17-30-77-71(76)95)65(89)78-48-24-20-46(21-25-48)41-102-72(96)84-53-37-59(57(98-9)35-50(53)67(91)82-40-45(3)34-55(82)69(84)93)100-32-15-12-16-33-101-60-38-54-51(36-58(60)99-10)68(92)83-43-75(7,8)39-56(83)70(94)85(54)73(97)103-42-47-22-26-49(27-23-47)104-105-74(4,5)6/h20-29,35-38,44,52,55-56,64,69-70,93-94H,3,11-19,30-34,39-43H2,1-2,4-10H3,(H,78,89)(H,79,90)(H,80,86)(H3,76,77,95)/t52-,55-,56-,64-,69?,70?/m0/s1. The number of nitrogens with two attached hydrogens (primary N) is 1. The van der Waals surface area contributed by atoms with Crippen LogP contribution >= 0.6 is 21.6 Å². The van der Waals surface area contributed by atoms with Gasteiger partial charge in [-0.25, -0.2) is 24.2 Å². The summed E-state index contributed by atoms with van der Waals surface area (Å²) in [6.45, 7) is 18.7. The van der Waals surface area contributed by atoms with Crippen LogP contribution in [0.25, 0.3) is 0 Å². The minimum absolute atomic E-state index is 0.00192. The van der Waals surface area contributed by atoms with Crippen LogP contribution in [-0.4, -0.2) is 179 Å². The minimum Gasteiger partial charge on any atom is -0.493 e. The van der Waals surface area contributed by atoms with E-state index in [-0.39, 0.29) is 145 Å². The summed E-state index contributed by atoms with van der Waals surface area (Å²) in [5.41, 5.74) is 7.38. The van der Waals surface area contributed by atoms with Gasteiger partial charge in [0.25, 0.3) is 23.6 Å². The van der Waals surface area contributed by atoms with Gasteiger partial charge in [-0.1, -0.05) is 113 Å². The number of hydrogen-bond acceptors (Lipinski definition) is 20. The monoisotopic (exact) mass is 1490 g/mol. The number of amides is 11. The number of hydrogen-bond donors (Lipinski definition) is 7. The molecule has 105 heavy (non-hydrogen) atoms. The maximum Gasteiger partial charge on any atom is 0.416 e. The van der Waals surface area contributed by atoms with Crippen LogP contribution in [0, 0.1) is 11.3 Å². The maximum atomic E-state index is 14.5. The fourth-order valence-corrected chi connectivity index (χ4v) is 14.9. The zero-order chi connectivity index (χ0) is 76.0. The van der Waals surface area contributed by atoms with Crippen LogP contribution < -0.4 is 55.7 Å². The molecule has 30 heteroatoms. The SMILES string of the molecule is C=C1C[C@H]2C(O)N(C(=O)OCc3ccc(NC(=O)[C@H](CCCNC(N)=O)NC(=O)[C@@H](NC(=O)CCCCCN4C(=O)C=CC4=O)C(C)C)cc3)c3cc(OCCCCCOc4cc5c(cc4OC)C(=O)N4CC(C)(C)C[C@H]4C(O)N5C(=O)OCc4ccc(SSC(C)(C)C)cc4)c(OC)cc3C(=O)N2C1. The van der Waals surface area contributed by atoms with E-state index in [1.54, 1.807) is 64.6 Å². The van der Waals surface area contributed by atoms with E-state index in [0.717, 1.165) is 25.2 Å². The number of methoxy groups -OCH3 is 2. The van der Waals surface area contributed by atoms with Gasteiger partial charge < -0.3 is 75.4 Å². The van der Waals surface area contributed by atoms with E-state index >= 15 is 0 Å². The number of fused-ring (bicyclic) bond motifs is 4. The van der Waals surface area contributed by atoms with Gasteiger partial charge in [-0.2, -0.15) is 0 Å². The molecule has 0 saturated carbocycles. The third-order valence-electron chi connectivity index (χ3n) is 18.3. The lowest BCUT2D eigenvalue weighted by Crippen LogP contribution is -2.54. The number of imide groups is 1. The fraction of sp³-hybridized carbons (Fsp3) is 0.493. The Morgan fingerprint density at radius 1 is 0.686 bits per heavy atom. The molecule has 5 aliphatic heterocycles. The highest BCUT2D eigenvalue weighted by Gasteiger charge is 2.51. The molecule has 2 saturated heterocycles. The van der Waals surface area contributed by atoms with Crippen molar-refractivity contribution in [3.8, 4) is 23.0 Å². The Hall–Kier alpha value is -9.52. The molecule has 2 unspecified atom stereocenters. The zero-order valence-corrected chi connectivity index (χ0v) is 62.5. The average Bonchev–Trinajstić information content (AvgIpc) is 1.61. The second-order valence-corrected chi connectivity index (χ2v) is 31.7. The number of urea groups is 1. The summed E-state index contributed by atoms with van der Waals surface area (Å²) in [4.78, 5) is 141. The topological polar surface area (TPSA) is 357 Å². The van der Waals surface area contributed by atoms with Crippen LogP contribution in [0.3, 0.4) is 0 Å². The molecule has 0 radical (unpaired) electrons. The lowest BCUT2D eigenvalue weighted by molar-refractivity contribution is -0.137. The third kappa shape index (κ3) is 20.5. The summed E-state index contributed by atoms with van der Waals surface area (Å²) in [6.07, 6.45) is 1.55. The van der Waals surface area contributed by atoms with E-state index < -0.39 is 84.4 Å². The Morgan fingerprint density at radius 2 is 1.23 bits per heavy atom. The molecule has 11 amide bonds. The molecule has 5 aliphatic rings. The lowest BCUT2D eigenvalue weighted by atomic mass is 9.90. The van der Waals surface area contributed by atoms with Crippen LogP contribution in [-0.2, 0) is 46.7 Å². The summed E-state index contributed by atoms with van der Waals surface area (Å²) in [5, 5.41) is 35.0. The number of unbranched alkanes of at least 4 members (excludes halogenated alkanes) is 4. The molecule has 4 aromatic carbocycles. The van der Waals surface area contributed by atoms with E-state index in [1.807, 2.05) is 38.1 Å². The Bertz CT molecular complexity index is 3900. The number of ether oxygens (including phenoxy) is 6. The van der Waals surface area contributed by atoms with Crippen LogP contribution in [0.15, 0.2) is 102 Å². The highest BCUT2D eigenvalue weighted by atomic mass is 33.1. The molecule has 6 atom stereocenters. The molecular formula is C75H96N10O18S2. The first-order chi connectivity index (χ1) is 49.9. The number of carbonyl (C=O) groups is 10. The quantitative estimate of drug-likeness (QED) is 0.0104. The second kappa shape index (κ2) is 35.5. The normalized spacial score (nSPS) is 18.7. The largest absolute Gasteiger partial charge is 0.493 e. The Balaban J connectivity index is 0.815. The van der Waals surface area contributed by atoms with E-state index in [2.05, 4.69) is 48.6 Å². The molecule has 0 spiro atoms. The Kier molecular flexibility index (Phi) is 26.9. The number of anilines is 3. The first-order valence-corrected chi connectivity index (χ1v) is 37.4. The minimum atomic E-state index is -1.60. The van der Waals surface area contributed by atoms with Gasteiger partial charge in [0.1, 0.15) is 25.3 Å². The molecule has 566 valence electrons. The van der Waals surface area contributed by atoms with Crippen molar-refractivity contribution in [1.82, 2.24) is 30.7 Å². The van der Waals surface area contributed by atoms with Crippen LogP contribution in [0.2, 0.25) is 0 Å². The Labute approximate surface area is 619 Å². The van der Waals surface area contributed by atoms with Crippen molar-refractivity contribution in [3.63, 3.8) is 0 Å². The predicted octanol–water partition coefficient (Wildman–Crippen LogP) is 9.33. The van der Waals surface area contributed by atoms with E-state index in [0.29, 0.717) is 68.3 Å². The number of nitrogens with zero attached hydrogens (tertiary/aromatic N) is 5. The highest BCUT2D eigenvalue weighted by Crippen LogP contribution is 2.47. The van der Waals surface area contributed by atoms with E-state index in [1.165, 1.54) is 55.5 Å². The van der Waals surface area contributed by atoms with Gasteiger partial charge in [0, 0.05) is 72.2 Å². The van der Waals surface area contributed by atoms with Gasteiger partial charge in [0.15, 0.2) is 35.5 Å². The fourth-order valence-electron chi connectivity index (χ4n) is 13.0. The van der Waals surface area contributed by atoms with Gasteiger partial charge >= 0.3 is 18.2 Å². The van der Waals surface area contributed by atoms with Crippen LogP contribution in [0.1, 0.15) is 151 Å². The predicted molar refractivity (Wildman–Crippen MR) is 395 cm³/mol. The average molecular weight is 1490 g/mol. The van der Waals surface area contributed by atoms with Gasteiger partial charge in [0.05, 0.1) is 62.0 Å². The third-order valence-corrected chi connectivity index (χ3v) is 21.7. The van der Waals surface area contributed by atoms with Crippen molar-refractivity contribution in [2.75, 3.05) is 68.7 Å². The molecule has 0 aliphatic carbocycles. The molecular weight excluding hydrogens is 1390 g/mol. The van der Waals surface area contributed by atoms with Crippen molar-refractivity contribution in [3.05, 3.63) is 119 Å². The Morgan fingerprint density at radius 3 is 1.77 bits per heavy atom. The van der Waals surface area contributed by atoms with Crippen molar-refractivity contribution < 1.29 is 86.6 Å². The molecule has 8 N–H and O–H groups in total. The zero-order valence-electron chi connectivity index (χ0n) is 60.8. The summed E-state index contributed by atoms with van der Waals surface area (Å²) in [5.74, 6) is -2.82. The number of carbonyl (C=O) groups excluding carboxylic acids is 10. The summed E-state index contributed by atoms with van der Waals surface area (Å²) in [6, 6.07) is 15.4. The van der Waals surface area contributed by atoms with Crippen molar-refractivity contribution in [2.24, 2.45) is 17.1 Å². The molecule has 9 rings (SSSR count). The van der Waals surface area contributed by atoms with Gasteiger partial charge in [0.2, 0.25) is 17.7 Å². The maximum absolute atomic E-state index is 14.5. The van der Waals surface area contributed by atoms with Gasteiger partial charge in [-0.15, -0.1) is 0 Å². The number of nitrogens with one attached hydrogen (secondary N) is 4. The molecule has 28 nitrogen and oxygen atoms in total. The first kappa shape index (κ1) is 79.6. The number of rotatable bonds is 32. The molecule has 0 aromatic heterocycles. The van der Waals surface area contributed by atoms with Crippen molar-refractivity contribution in [2.45, 2.75) is 179 Å². The van der Waals surface area contributed by atoms with Crippen molar-refractivity contribution >= 4 is 98.2 Å². The molecule has 0 bridgehead atoms. The van der Waals surface area contributed by atoms with E-state index in [4.69, 9.17) is 34.2 Å². The summed E-state index contributed by atoms with van der Waals surface area (Å²) in [7, 11) is 6.26. The van der Waals surface area contributed by atoms with Crippen molar-refractivity contribution in [1.29, 1.82) is 0 Å². The molecule has 4 aromatic rings. The number of aliphatic hydroxyl groups is 2. The molecule has 2 fully saturated rings. The van der Waals surface area contributed by atoms with Gasteiger partial charge in [-0.05, 0) is 117 Å². The lowest BCUT2D eigenvalue weighted by Gasteiger charge is -2.32. The summed E-state index contributed by atoms with van der Waals surface area (Å²) < 4.78 is 35.9. The second-order valence-electron chi connectivity index (χ2n) is 28.7. The smallest absolute Gasteiger partial charge is 0.416 e. The molecule has 5 heterocycles.